The molecule has 0 saturated heterocycles. The lowest BCUT2D eigenvalue weighted by Gasteiger charge is -2.33. The largest absolute Gasteiger partial charge is 0.497 e. The van der Waals surface area contributed by atoms with Gasteiger partial charge in [0.2, 0.25) is 11.8 Å². The molecular weight excluding hydrogens is 514 g/mol. The molecule has 1 N–H and O–H groups in total. The van der Waals surface area contributed by atoms with Gasteiger partial charge in [-0.15, -0.1) is 0 Å². The van der Waals surface area contributed by atoms with Crippen LogP contribution < -0.4 is 14.4 Å². The van der Waals surface area contributed by atoms with Crippen LogP contribution in [-0.2, 0) is 26.2 Å². The van der Waals surface area contributed by atoms with Crippen LogP contribution in [0, 0.1) is 0 Å². The van der Waals surface area contributed by atoms with Crippen LogP contribution in [0.2, 0.25) is 0 Å². The lowest BCUT2D eigenvalue weighted by molar-refractivity contribution is -0.140. The second-order valence-electron chi connectivity index (χ2n) is 9.27. The van der Waals surface area contributed by atoms with Crippen molar-refractivity contribution in [2.75, 3.05) is 18.0 Å². The molecule has 0 bridgehead atoms. The van der Waals surface area contributed by atoms with Gasteiger partial charge < -0.3 is 15.0 Å². The Hall–Kier alpha value is -3.85. The highest BCUT2D eigenvalue weighted by Crippen LogP contribution is 2.26. The third-order valence-electron chi connectivity index (χ3n) is 6.55. The average Bonchev–Trinajstić information content (AvgIpc) is 2.96. The van der Waals surface area contributed by atoms with Crippen molar-refractivity contribution in [2.24, 2.45) is 0 Å². The third-order valence-corrected chi connectivity index (χ3v) is 8.34. The summed E-state index contributed by atoms with van der Waals surface area (Å²) in [7, 11) is -2.58. The molecule has 0 aliphatic carbocycles. The van der Waals surface area contributed by atoms with Gasteiger partial charge in [0.1, 0.15) is 18.3 Å². The third kappa shape index (κ3) is 7.60. The molecule has 208 valence electrons. The van der Waals surface area contributed by atoms with E-state index < -0.39 is 28.5 Å². The first-order valence-electron chi connectivity index (χ1n) is 13.1. The van der Waals surface area contributed by atoms with E-state index in [0.29, 0.717) is 17.9 Å². The SMILES string of the molecule is CC[C@@H](C)NC(=O)[C@@H](CC)N(Cc1ccccc1)C(=O)CN(c1ccc(OC)cc1)S(=O)(=O)c1ccccc1. The second kappa shape index (κ2) is 13.8. The number of carbonyl (C=O) groups is 2. The Bertz CT molecular complexity index is 1320. The zero-order valence-corrected chi connectivity index (χ0v) is 23.7. The maximum atomic E-state index is 14.0. The van der Waals surface area contributed by atoms with E-state index >= 15 is 0 Å². The highest BCUT2D eigenvalue weighted by Gasteiger charge is 2.33. The molecule has 0 saturated carbocycles. The summed E-state index contributed by atoms with van der Waals surface area (Å²) in [5.74, 6) is -0.195. The average molecular weight is 552 g/mol. The molecule has 8 nitrogen and oxygen atoms in total. The summed E-state index contributed by atoms with van der Waals surface area (Å²) in [5.41, 5.74) is 1.15. The number of nitrogens with zero attached hydrogens (tertiary/aromatic N) is 2. The fraction of sp³-hybridized carbons (Fsp3) is 0.333. The van der Waals surface area contributed by atoms with Gasteiger partial charge in [0, 0.05) is 12.6 Å². The van der Waals surface area contributed by atoms with Crippen molar-refractivity contribution in [3.63, 3.8) is 0 Å². The standard InChI is InChI=1S/C30H37N3O5S/c1-5-23(3)31-30(35)28(6-2)32(21-24-13-9-7-10-14-24)29(34)22-33(25-17-19-26(38-4)20-18-25)39(36,37)27-15-11-8-12-16-27/h7-20,23,28H,5-6,21-22H2,1-4H3,(H,31,35)/t23-,28-/m1/s1. The van der Waals surface area contributed by atoms with Crippen molar-refractivity contribution in [3.8, 4) is 5.75 Å². The molecule has 0 aromatic heterocycles. The van der Waals surface area contributed by atoms with Crippen molar-refractivity contribution in [1.82, 2.24) is 10.2 Å². The highest BCUT2D eigenvalue weighted by atomic mass is 32.2. The van der Waals surface area contributed by atoms with Crippen LogP contribution in [0.3, 0.4) is 0 Å². The molecule has 0 unspecified atom stereocenters. The Labute approximate surface area is 231 Å². The summed E-state index contributed by atoms with van der Waals surface area (Å²) in [6, 6.07) is 23.0. The van der Waals surface area contributed by atoms with Gasteiger partial charge >= 0.3 is 0 Å². The summed E-state index contributed by atoms with van der Waals surface area (Å²) in [4.78, 5) is 28.8. The number of amides is 2. The lowest BCUT2D eigenvalue weighted by Crippen LogP contribution is -2.53. The van der Waals surface area contributed by atoms with E-state index in [9.17, 15) is 18.0 Å². The number of sulfonamides is 1. The zero-order chi connectivity index (χ0) is 28.4. The van der Waals surface area contributed by atoms with Crippen LogP contribution in [-0.4, -0.2) is 50.9 Å². The van der Waals surface area contributed by atoms with Gasteiger partial charge in [-0.05, 0) is 61.7 Å². The minimum absolute atomic E-state index is 0.0600. The summed E-state index contributed by atoms with van der Waals surface area (Å²) in [6.45, 7) is 5.40. The molecule has 0 aliphatic heterocycles. The second-order valence-corrected chi connectivity index (χ2v) is 11.1. The Kier molecular flexibility index (Phi) is 10.5. The smallest absolute Gasteiger partial charge is 0.264 e. The van der Waals surface area contributed by atoms with E-state index in [1.165, 1.54) is 24.1 Å². The quantitative estimate of drug-likeness (QED) is 0.335. The van der Waals surface area contributed by atoms with Crippen molar-refractivity contribution in [1.29, 1.82) is 0 Å². The number of hydrogen-bond acceptors (Lipinski definition) is 5. The summed E-state index contributed by atoms with van der Waals surface area (Å²) < 4.78 is 33.9. The van der Waals surface area contributed by atoms with Crippen LogP contribution in [0.4, 0.5) is 5.69 Å². The number of rotatable bonds is 13. The van der Waals surface area contributed by atoms with Crippen LogP contribution in [0.1, 0.15) is 39.2 Å². The van der Waals surface area contributed by atoms with Gasteiger partial charge in [0.15, 0.2) is 0 Å². The number of methoxy groups -OCH3 is 1. The molecule has 2 atom stereocenters. The van der Waals surface area contributed by atoms with Gasteiger partial charge in [0.25, 0.3) is 10.0 Å². The zero-order valence-electron chi connectivity index (χ0n) is 22.9. The molecule has 0 spiro atoms. The van der Waals surface area contributed by atoms with Gasteiger partial charge in [0.05, 0.1) is 17.7 Å². The van der Waals surface area contributed by atoms with E-state index in [4.69, 9.17) is 4.74 Å². The Morgan fingerprint density at radius 1 is 0.872 bits per heavy atom. The van der Waals surface area contributed by atoms with Gasteiger partial charge in [-0.3, -0.25) is 13.9 Å². The molecular formula is C30H37N3O5S. The number of benzene rings is 3. The number of carbonyl (C=O) groups excluding carboxylic acids is 2. The van der Waals surface area contributed by atoms with E-state index in [2.05, 4.69) is 5.32 Å². The maximum Gasteiger partial charge on any atom is 0.264 e. The fourth-order valence-corrected chi connectivity index (χ4v) is 5.57. The number of ether oxygens (including phenoxy) is 1. The summed E-state index contributed by atoms with van der Waals surface area (Å²) in [5, 5.41) is 2.98. The van der Waals surface area contributed by atoms with Crippen molar-refractivity contribution in [3.05, 3.63) is 90.5 Å². The molecule has 3 aromatic rings. The normalized spacial score (nSPS) is 12.7. The Balaban J connectivity index is 2.03. The molecule has 3 aromatic carbocycles. The molecule has 9 heteroatoms. The number of nitrogens with one attached hydrogen (secondary N) is 1. The summed E-state index contributed by atoms with van der Waals surface area (Å²) in [6.07, 6.45) is 1.12. The van der Waals surface area contributed by atoms with E-state index in [1.807, 2.05) is 51.1 Å². The monoisotopic (exact) mass is 551 g/mol. The molecule has 2 amide bonds. The Morgan fingerprint density at radius 2 is 1.46 bits per heavy atom. The van der Waals surface area contributed by atoms with Crippen molar-refractivity contribution >= 4 is 27.5 Å². The number of anilines is 1. The minimum atomic E-state index is -4.11. The molecule has 0 fully saturated rings. The van der Waals surface area contributed by atoms with Crippen LogP contribution >= 0.6 is 0 Å². The van der Waals surface area contributed by atoms with Crippen molar-refractivity contribution < 1.29 is 22.7 Å². The number of hydrogen-bond donors (Lipinski definition) is 1. The molecule has 3 rings (SSSR count). The molecule has 0 heterocycles. The molecule has 0 radical (unpaired) electrons. The van der Waals surface area contributed by atoms with Crippen LogP contribution in [0.25, 0.3) is 0 Å². The van der Waals surface area contributed by atoms with E-state index in [1.54, 1.807) is 42.5 Å². The highest BCUT2D eigenvalue weighted by molar-refractivity contribution is 7.92. The Morgan fingerprint density at radius 3 is 2.00 bits per heavy atom. The topological polar surface area (TPSA) is 96.0 Å². The fourth-order valence-electron chi connectivity index (χ4n) is 4.14. The first-order chi connectivity index (χ1) is 18.7. The van der Waals surface area contributed by atoms with E-state index in [-0.39, 0.29) is 23.4 Å². The lowest BCUT2D eigenvalue weighted by atomic mass is 10.1. The first kappa shape index (κ1) is 29.7. The maximum absolute atomic E-state index is 14.0. The molecule has 0 aliphatic rings. The van der Waals surface area contributed by atoms with E-state index in [0.717, 1.165) is 16.3 Å². The minimum Gasteiger partial charge on any atom is -0.497 e. The predicted molar refractivity (Wildman–Crippen MR) is 153 cm³/mol. The first-order valence-corrected chi connectivity index (χ1v) is 14.5. The van der Waals surface area contributed by atoms with Gasteiger partial charge in [-0.2, -0.15) is 0 Å². The van der Waals surface area contributed by atoms with Crippen LogP contribution in [0.5, 0.6) is 5.75 Å². The molecule has 39 heavy (non-hydrogen) atoms. The van der Waals surface area contributed by atoms with Gasteiger partial charge in [-0.1, -0.05) is 62.4 Å². The predicted octanol–water partition coefficient (Wildman–Crippen LogP) is 4.61. The van der Waals surface area contributed by atoms with Crippen LogP contribution in [0.15, 0.2) is 89.8 Å². The summed E-state index contributed by atoms with van der Waals surface area (Å²) >= 11 is 0. The van der Waals surface area contributed by atoms with Gasteiger partial charge in [-0.25, -0.2) is 8.42 Å². The van der Waals surface area contributed by atoms with Crippen molar-refractivity contribution in [2.45, 2.75) is 57.1 Å².